The van der Waals surface area contributed by atoms with E-state index < -0.39 is 5.25 Å². The second kappa shape index (κ2) is 8.62. The van der Waals surface area contributed by atoms with E-state index in [0.717, 1.165) is 5.56 Å². The molecule has 0 bridgehead atoms. The molecule has 1 aliphatic heterocycles. The number of aromatic nitrogens is 3. The van der Waals surface area contributed by atoms with Gasteiger partial charge in [-0.05, 0) is 17.7 Å². The molecule has 150 valence electrons. The van der Waals surface area contributed by atoms with Gasteiger partial charge in [0.2, 0.25) is 11.1 Å². The van der Waals surface area contributed by atoms with Crippen LogP contribution in [-0.2, 0) is 9.53 Å². The smallest absolute Gasteiger partial charge is 0.240 e. The number of carbonyl (C=O) groups excluding carboxylic acids is 1. The van der Waals surface area contributed by atoms with Crippen molar-refractivity contribution in [3.63, 3.8) is 0 Å². The number of hydrogen-bond acceptors (Lipinski definition) is 6. The van der Waals surface area contributed by atoms with Crippen molar-refractivity contribution in [1.29, 1.82) is 0 Å². The molecular weight excluding hydrogens is 393 g/mol. The van der Waals surface area contributed by atoms with Crippen molar-refractivity contribution in [2.24, 2.45) is 0 Å². The van der Waals surface area contributed by atoms with Crippen molar-refractivity contribution in [2.75, 3.05) is 32.1 Å². The molecule has 29 heavy (non-hydrogen) atoms. The molecule has 1 saturated heterocycles. The number of halogens is 1. The molecule has 7 nitrogen and oxygen atoms in total. The van der Waals surface area contributed by atoms with E-state index in [1.165, 1.54) is 28.6 Å². The van der Waals surface area contributed by atoms with Crippen LogP contribution in [0.3, 0.4) is 0 Å². The van der Waals surface area contributed by atoms with E-state index in [2.05, 4.69) is 10.2 Å². The Hall–Kier alpha value is -2.91. The first-order valence-electron chi connectivity index (χ1n) is 9.18. The topological polar surface area (TPSA) is 86.3 Å². The zero-order chi connectivity index (χ0) is 20.2. The van der Waals surface area contributed by atoms with Gasteiger partial charge in [0.05, 0.1) is 13.2 Å². The molecule has 1 atom stereocenters. The summed E-state index contributed by atoms with van der Waals surface area (Å²) in [6, 6.07) is 15.5. The Kier molecular flexibility index (Phi) is 5.77. The van der Waals surface area contributed by atoms with Gasteiger partial charge in [0.1, 0.15) is 11.1 Å². The van der Waals surface area contributed by atoms with Gasteiger partial charge in [0.25, 0.3) is 0 Å². The average molecular weight is 413 g/mol. The third kappa shape index (κ3) is 4.25. The number of benzene rings is 2. The Morgan fingerprint density at radius 2 is 1.86 bits per heavy atom. The summed E-state index contributed by atoms with van der Waals surface area (Å²) in [5, 5.41) is 8.10. The van der Waals surface area contributed by atoms with Crippen molar-refractivity contribution < 1.29 is 13.9 Å². The molecule has 4 rings (SSSR count). The van der Waals surface area contributed by atoms with Crippen molar-refractivity contribution in [2.45, 2.75) is 10.4 Å². The van der Waals surface area contributed by atoms with E-state index >= 15 is 0 Å². The molecule has 0 spiro atoms. The minimum atomic E-state index is -0.527. The van der Waals surface area contributed by atoms with Gasteiger partial charge in [0.15, 0.2) is 5.82 Å². The summed E-state index contributed by atoms with van der Waals surface area (Å²) in [5.74, 6) is 6.11. The molecule has 1 fully saturated rings. The molecule has 0 unspecified atom stereocenters. The predicted octanol–water partition coefficient (Wildman–Crippen LogP) is 2.49. The zero-order valence-corrected chi connectivity index (χ0v) is 16.4. The fraction of sp³-hybridized carbons (Fsp3) is 0.250. The van der Waals surface area contributed by atoms with E-state index in [1.807, 2.05) is 30.3 Å². The van der Waals surface area contributed by atoms with Crippen molar-refractivity contribution in [3.8, 4) is 11.4 Å². The first kappa shape index (κ1) is 19.4. The van der Waals surface area contributed by atoms with E-state index in [-0.39, 0.29) is 11.7 Å². The summed E-state index contributed by atoms with van der Waals surface area (Å²) in [4.78, 5) is 15.0. The van der Waals surface area contributed by atoms with Gasteiger partial charge in [0, 0.05) is 18.7 Å². The average Bonchev–Trinajstić information content (AvgIpc) is 3.13. The number of amides is 1. The lowest BCUT2D eigenvalue weighted by Crippen LogP contribution is -2.42. The molecule has 2 N–H and O–H groups in total. The third-order valence-corrected chi connectivity index (χ3v) is 5.82. The van der Waals surface area contributed by atoms with E-state index in [4.69, 9.17) is 10.6 Å². The maximum absolute atomic E-state index is 13.6. The van der Waals surface area contributed by atoms with E-state index in [0.29, 0.717) is 42.8 Å². The van der Waals surface area contributed by atoms with Gasteiger partial charge in [-0.2, -0.15) is 0 Å². The van der Waals surface area contributed by atoms with Gasteiger partial charge < -0.3 is 15.5 Å². The lowest BCUT2D eigenvalue weighted by atomic mass is 10.1. The second-order valence-corrected chi connectivity index (χ2v) is 7.61. The summed E-state index contributed by atoms with van der Waals surface area (Å²) < 4.78 is 20.2. The number of nitrogen functional groups attached to an aromatic ring is 1. The third-order valence-electron chi connectivity index (χ3n) is 4.62. The highest BCUT2D eigenvalue weighted by Crippen LogP contribution is 2.36. The SMILES string of the molecule is Nn1c(S[C@H](C(=O)N2CCOCC2)c2ccccc2)nnc1-c1cccc(F)c1. The van der Waals surface area contributed by atoms with Crippen LogP contribution in [0, 0.1) is 5.82 Å². The molecule has 3 aromatic rings. The Morgan fingerprint density at radius 3 is 2.59 bits per heavy atom. The molecular formula is C20H20FN5O2S. The quantitative estimate of drug-likeness (QED) is 0.511. The Labute approximate surface area is 171 Å². The summed E-state index contributed by atoms with van der Waals surface area (Å²) in [6.07, 6.45) is 0. The summed E-state index contributed by atoms with van der Waals surface area (Å²) >= 11 is 1.23. The molecule has 0 radical (unpaired) electrons. The Bertz CT molecular complexity index is 992. The molecule has 1 amide bonds. The van der Waals surface area contributed by atoms with Crippen molar-refractivity contribution in [3.05, 3.63) is 66.0 Å². The van der Waals surface area contributed by atoms with Crippen LogP contribution in [0.1, 0.15) is 10.8 Å². The number of nitrogens with zero attached hydrogens (tertiary/aromatic N) is 4. The minimum Gasteiger partial charge on any atom is -0.378 e. The van der Waals surface area contributed by atoms with Gasteiger partial charge in [-0.1, -0.05) is 54.2 Å². The molecule has 0 aliphatic carbocycles. The van der Waals surface area contributed by atoms with Crippen LogP contribution in [0.15, 0.2) is 59.8 Å². The number of thioether (sulfide) groups is 1. The summed E-state index contributed by atoms with van der Waals surface area (Å²) in [6.45, 7) is 2.14. The van der Waals surface area contributed by atoms with Crippen LogP contribution < -0.4 is 5.84 Å². The summed E-state index contributed by atoms with van der Waals surface area (Å²) in [5.41, 5.74) is 1.37. The van der Waals surface area contributed by atoms with Gasteiger partial charge in [-0.3, -0.25) is 4.79 Å². The first-order valence-corrected chi connectivity index (χ1v) is 10.1. The van der Waals surface area contributed by atoms with Crippen LogP contribution in [0.25, 0.3) is 11.4 Å². The van der Waals surface area contributed by atoms with Crippen molar-refractivity contribution >= 4 is 17.7 Å². The van der Waals surface area contributed by atoms with Gasteiger partial charge in [-0.25, -0.2) is 9.07 Å². The first-order chi connectivity index (χ1) is 14.1. The van der Waals surface area contributed by atoms with Gasteiger partial charge >= 0.3 is 0 Å². The zero-order valence-electron chi connectivity index (χ0n) is 15.6. The maximum Gasteiger partial charge on any atom is 0.240 e. The van der Waals surface area contributed by atoms with Crippen LogP contribution in [0.2, 0.25) is 0 Å². The maximum atomic E-state index is 13.6. The number of ether oxygens (including phenoxy) is 1. The largest absolute Gasteiger partial charge is 0.378 e. The molecule has 1 aromatic heterocycles. The number of hydrogen-bond donors (Lipinski definition) is 1. The lowest BCUT2D eigenvalue weighted by Gasteiger charge is -2.30. The normalized spacial score (nSPS) is 15.3. The molecule has 2 aromatic carbocycles. The number of morpholine rings is 1. The highest BCUT2D eigenvalue weighted by Gasteiger charge is 2.30. The number of nitrogens with two attached hydrogens (primary N) is 1. The fourth-order valence-electron chi connectivity index (χ4n) is 3.13. The van der Waals surface area contributed by atoms with Gasteiger partial charge in [-0.15, -0.1) is 10.2 Å². The summed E-state index contributed by atoms with van der Waals surface area (Å²) in [7, 11) is 0. The monoisotopic (exact) mass is 413 g/mol. The van der Waals surface area contributed by atoms with E-state index in [9.17, 15) is 9.18 Å². The fourth-order valence-corrected chi connectivity index (χ4v) is 4.17. The second-order valence-electron chi connectivity index (χ2n) is 6.53. The van der Waals surface area contributed by atoms with Crippen molar-refractivity contribution in [1.82, 2.24) is 19.8 Å². The molecule has 2 heterocycles. The molecule has 1 aliphatic rings. The standard InChI is InChI=1S/C20H20FN5O2S/c21-16-8-4-7-15(13-16)18-23-24-20(26(18)22)29-17(14-5-2-1-3-6-14)19(27)25-9-11-28-12-10-25/h1-8,13,17H,9-12,22H2/t17-/m0/s1. The number of carbonyl (C=O) groups is 1. The number of rotatable bonds is 5. The highest BCUT2D eigenvalue weighted by molar-refractivity contribution is 8.00. The molecule has 9 heteroatoms. The van der Waals surface area contributed by atoms with Crippen LogP contribution in [0.5, 0.6) is 0 Å². The molecule has 0 saturated carbocycles. The minimum absolute atomic E-state index is 0.0280. The Balaban J connectivity index is 1.64. The van der Waals surface area contributed by atoms with Crippen LogP contribution in [0.4, 0.5) is 4.39 Å². The van der Waals surface area contributed by atoms with Crippen LogP contribution in [-0.4, -0.2) is 52.0 Å². The highest BCUT2D eigenvalue weighted by atomic mass is 32.2. The lowest BCUT2D eigenvalue weighted by molar-refractivity contribution is -0.134. The Morgan fingerprint density at radius 1 is 1.10 bits per heavy atom. The predicted molar refractivity (Wildman–Crippen MR) is 108 cm³/mol. The van der Waals surface area contributed by atoms with Crippen LogP contribution >= 0.6 is 11.8 Å². The van der Waals surface area contributed by atoms with E-state index in [1.54, 1.807) is 17.0 Å².